The van der Waals surface area contributed by atoms with E-state index >= 15 is 0 Å². The van der Waals surface area contributed by atoms with Gasteiger partial charge in [0.2, 0.25) is 11.8 Å². The minimum atomic E-state index is -1.04. The molecular formula is C47H47ClN8O9S. The number of aromatic nitrogens is 3. The van der Waals surface area contributed by atoms with E-state index in [9.17, 15) is 24.0 Å². The fraction of sp³-hybridized carbons (Fsp3) is 0.340. The van der Waals surface area contributed by atoms with Gasteiger partial charge in [0.25, 0.3) is 17.7 Å². The highest BCUT2D eigenvalue weighted by Gasteiger charge is 2.47. The lowest BCUT2D eigenvalue weighted by atomic mass is 9.99. The number of hydrogen-bond acceptors (Lipinski definition) is 14. The maximum atomic E-state index is 13.5. The van der Waals surface area contributed by atoms with Crippen molar-refractivity contribution in [1.29, 1.82) is 0 Å². The van der Waals surface area contributed by atoms with Crippen molar-refractivity contribution >= 4 is 75.8 Å². The van der Waals surface area contributed by atoms with Gasteiger partial charge in [-0.1, -0.05) is 29.8 Å². The van der Waals surface area contributed by atoms with Crippen molar-refractivity contribution in [2.75, 3.05) is 58.6 Å². The second-order valence-corrected chi connectivity index (χ2v) is 17.3. The van der Waals surface area contributed by atoms with Crippen LogP contribution >= 0.6 is 22.9 Å². The topological polar surface area (TPSA) is 196 Å². The highest BCUT2D eigenvalue weighted by Crippen LogP contribution is 2.40. The van der Waals surface area contributed by atoms with Gasteiger partial charge in [0, 0.05) is 46.4 Å². The van der Waals surface area contributed by atoms with Crippen LogP contribution in [0.25, 0.3) is 5.00 Å². The van der Waals surface area contributed by atoms with Crippen molar-refractivity contribution in [3.8, 4) is 10.8 Å². The number of anilines is 1. The zero-order valence-electron chi connectivity index (χ0n) is 36.7. The van der Waals surface area contributed by atoms with Gasteiger partial charge in [-0.05, 0) is 81.3 Å². The van der Waals surface area contributed by atoms with Crippen LogP contribution in [0.15, 0.2) is 76.7 Å². The lowest BCUT2D eigenvalue weighted by molar-refractivity contribution is -0.149. The number of fused-ring (bicyclic) bond motifs is 4. The number of likely N-dealkylation sites (tertiary alicyclic amines) is 1. The van der Waals surface area contributed by atoms with Gasteiger partial charge in [0.1, 0.15) is 35.3 Å². The number of aryl methyl sites for hydroxylation is 2. The van der Waals surface area contributed by atoms with E-state index in [-0.39, 0.29) is 61.1 Å². The molecule has 0 aliphatic carbocycles. The van der Waals surface area contributed by atoms with E-state index < -0.39 is 29.8 Å². The third-order valence-electron chi connectivity index (χ3n) is 11.4. The van der Waals surface area contributed by atoms with Crippen LogP contribution in [0.4, 0.5) is 11.4 Å². The van der Waals surface area contributed by atoms with Gasteiger partial charge in [-0.2, -0.15) is 0 Å². The molecule has 2 atom stereocenters. The van der Waals surface area contributed by atoms with Crippen molar-refractivity contribution in [2.24, 2.45) is 9.98 Å². The van der Waals surface area contributed by atoms with Crippen LogP contribution in [0.3, 0.4) is 0 Å². The fourth-order valence-corrected chi connectivity index (χ4v) is 9.24. The van der Waals surface area contributed by atoms with Crippen LogP contribution in [-0.2, 0) is 28.6 Å². The minimum Gasteiger partial charge on any atom is -0.491 e. The number of carbonyl (C=O) groups is 5. The van der Waals surface area contributed by atoms with Gasteiger partial charge in [-0.25, -0.2) is 0 Å². The normalized spacial score (nSPS) is 17.0. The number of likely N-dealkylation sites (N-methyl/N-ethyl adjacent to an activating group) is 1. The standard InChI is InChI=1S/C47H47ClN8O9S/c1-27-28(2)66-47-40(27)42(30-8-10-31(48)11-9-30)51-36(43-53-52-29(3)55(43)47)26-38(57)50-32-12-14-33(15-13-32)65-25-24-64-23-22-63-21-20-62-19-18-49-35-7-5-6-34-41(35)46(61)56(44(34)59)37-16-17-39(58)54(4)45(37)60/h5-15,18,36-37H,16-17,19-26H2,1-4H3,(H,50,57)/t36-,37?/m0/s1. The maximum Gasteiger partial charge on any atom is 0.264 e. The lowest BCUT2D eigenvalue weighted by Gasteiger charge is -2.32. The summed E-state index contributed by atoms with van der Waals surface area (Å²) in [5.41, 5.74) is 4.98. The summed E-state index contributed by atoms with van der Waals surface area (Å²) in [6.45, 7) is 8.18. The van der Waals surface area contributed by atoms with Crippen LogP contribution in [0.1, 0.15) is 79.2 Å². The maximum absolute atomic E-state index is 13.5. The summed E-state index contributed by atoms with van der Waals surface area (Å²) >= 11 is 7.89. The van der Waals surface area contributed by atoms with E-state index in [1.165, 1.54) is 24.2 Å². The minimum absolute atomic E-state index is 0.0473. The number of aliphatic imine (C=N–C) groups is 2. The number of hydrogen-bond donors (Lipinski definition) is 1. The Kier molecular flexibility index (Phi) is 14.2. The number of carbonyl (C=O) groups excluding carboxylic acids is 5. The molecule has 1 fully saturated rings. The largest absolute Gasteiger partial charge is 0.491 e. The van der Waals surface area contributed by atoms with Crippen LogP contribution in [0, 0.1) is 20.8 Å². The molecule has 17 nitrogen and oxygen atoms in total. The quantitative estimate of drug-likeness (QED) is 0.0580. The third-order valence-corrected chi connectivity index (χ3v) is 12.8. The molecule has 8 rings (SSSR count). The molecule has 3 aliphatic heterocycles. The number of nitrogens with one attached hydrogen (secondary N) is 1. The summed E-state index contributed by atoms with van der Waals surface area (Å²) in [5, 5.41) is 13.5. The monoisotopic (exact) mass is 934 g/mol. The first-order valence-corrected chi connectivity index (χ1v) is 22.6. The molecule has 0 radical (unpaired) electrons. The zero-order chi connectivity index (χ0) is 46.5. The van der Waals surface area contributed by atoms with Crippen molar-refractivity contribution in [2.45, 2.75) is 52.1 Å². The molecule has 1 saturated heterocycles. The highest BCUT2D eigenvalue weighted by molar-refractivity contribution is 7.15. The molecule has 2 aromatic heterocycles. The van der Waals surface area contributed by atoms with Crippen molar-refractivity contribution in [1.82, 2.24) is 24.6 Å². The molecule has 5 aromatic rings. The molecule has 66 heavy (non-hydrogen) atoms. The summed E-state index contributed by atoms with van der Waals surface area (Å²) in [4.78, 5) is 77.2. The van der Waals surface area contributed by atoms with Gasteiger partial charge in [0.15, 0.2) is 5.82 Å². The summed E-state index contributed by atoms with van der Waals surface area (Å²) in [7, 11) is 1.35. The first-order chi connectivity index (χ1) is 31.9. The number of nitrogens with zero attached hydrogens (tertiary/aromatic N) is 7. The average Bonchev–Trinajstić information content (AvgIpc) is 3.89. The Balaban J connectivity index is 0.728. The summed E-state index contributed by atoms with van der Waals surface area (Å²) < 4.78 is 24.6. The molecule has 5 amide bonds. The molecule has 0 saturated carbocycles. The molecule has 1 N–H and O–H groups in total. The van der Waals surface area contributed by atoms with Crippen LogP contribution < -0.4 is 10.1 Å². The summed E-state index contributed by atoms with van der Waals surface area (Å²) in [6.07, 6.45) is 1.69. The molecule has 5 heterocycles. The smallest absolute Gasteiger partial charge is 0.264 e. The summed E-state index contributed by atoms with van der Waals surface area (Å²) in [5.74, 6) is -0.404. The number of rotatable bonds is 18. The van der Waals surface area contributed by atoms with Crippen LogP contribution in [-0.4, -0.2) is 125 Å². The molecule has 3 aliphatic rings. The third kappa shape index (κ3) is 9.73. The van der Waals surface area contributed by atoms with E-state index in [0.29, 0.717) is 55.3 Å². The van der Waals surface area contributed by atoms with Gasteiger partial charge < -0.3 is 24.3 Å². The highest BCUT2D eigenvalue weighted by atomic mass is 35.5. The Hall–Kier alpha value is -6.44. The SMILES string of the molecule is Cc1sc2c(c1C)C(c1ccc(Cl)cc1)=N[C@@H](CC(=O)Nc1ccc(OCCOCCOCCOCC=Nc3cccc4c3C(=O)N(C3CCC(=O)N(C)C3=O)C4=O)cc1)c1nnc(C)n1-2. The first kappa shape index (κ1) is 46.1. The zero-order valence-corrected chi connectivity index (χ0v) is 38.3. The second kappa shape index (κ2) is 20.4. The van der Waals surface area contributed by atoms with Crippen molar-refractivity contribution in [3.05, 3.63) is 116 Å². The molecule has 342 valence electrons. The van der Waals surface area contributed by atoms with E-state index in [2.05, 4.69) is 34.4 Å². The Bertz CT molecular complexity index is 2730. The number of amides is 5. The molecule has 1 unspecified atom stereocenters. The van der Waals surface area contributed by atoms with Crippen molar-refractivity contribution < 1.29 is 42.9 Å². The first-order valence-electron chi connectivity index (χ1n) is 21.4. The summed E-state index contributed by atoms with van der Waals surface area (Å²) in [6, 6.07) is 17.8. The van der Waals surface area contributed by atoms with Crippen LogP contribution in [0.5, 0.6) is 5.75 Å². The second-order valence-electron chi connectivity index (χ2n) is 15.7. The van der Waals surface area contributed by atoms with E-state index in [0.717, 1.165) is 43.0 Å². The van der Waals surface area contributed by atoms with Crippen molar-refractivity contribution in [3.63, 3.8) is 0 Å². The van der Waals surface area contributed by atoms with Gasteiger partial charge in [-0.15, -0.1) is 21.5 Å². The number of thiophene rings is 1. The Morgan fingerprint density at radius 3 is 2.33 bits per heavy atom. The lowest BCUT2D eigenvalue weighted by Crippen LogP contribution is -2.54. The van der Waals surface area contributed by atoms with E-state index in [1.54, 1.807) is 47.7 Å². The predicted octanol–water partition coefficient (Wildman–Crippen LogP) is 6.40. The van der Waals surface area contributed by atoms with Gasteiger partial charge >= 0.3 is 0 Å². The molecule has 3 aromatic carbocycles. The molecule has 0 bridgehead atoms. The number of ether oxygens (including phenoxy) is 4. The molecule has 19 heteroatoms. The van der Waals surface area contributed by atoms with Gasteiger partial charge in [-0.3, -0.25) is 48.3 Å². The number of halogens is 1. The predicted molar refractivity (Wildman–Crippen MR) is 247 cm³/mol. The number of imide groups is 2. The number of piperidine rings is 1. The molecular weight excluding hydrogens is 888 g/mol. The van der Waals surface area contributed by atoms with E-state index in [1.807, 2.05) is 35.8 Å². The number of benzene rings is 3. The fourth-order valence-electron chi connectivity index (χ4n) is 7.90. The Morgan fingerprint density at radius 1 is 0.879 bits per heavy atom. The Morgan fingerprint density at radius 2 is 1.59 bits per heavy atom. The Labute approximate surface area is 389 Å². The molecule has 0 spiro atoms. The van der Waals surface area contributed by atoms with E-state index in [4.69, 9.17) is 35.5 Å². The van der Waals surface area contributed by atoms with Gasteiger partial charge in [0.05, 0.1) is 68.6 Å². The average molecular weight is 935 g/mol. The van der Waals surface area contributed by atoms with Crippen LogP contribution in [0.2, 0.25) is 5.02 Å².